The highest BCUT2D eigenvalue weighted by atomic mass is 32.2. The van der Waals surface area contributed by atoms with E-state index in [0.717, 1.165) is 12.2 Å². The second kappa shape index (κ2) is 5.59. The van der Waals surface area contributed by atoms with Crippen LogP contribution in [0.2, 0.25) is 0 Å². The van der Waals surface area contributed by atoms with E-state index in [1.165, 1.54) is 4.90 Å². The van der Waals surface area contributed by atoms with Gasteiger partial charge in [0.25, 0.3) is 0 Å². The first-order valence-electron chi connectivity index (χ1n) is 7.03. The van der Waals surface area contributed by atoms with Crippen LogP contribution in [-0.4, -0.2) is 60.2 Å². The van der Waals surface area contributed by atoms with Crippen LogP contribution >= 0.6 is 11.8 Å². The zero-order valence-corrected chi connectivity index (χ0v) is 12.6. The predicted molar refractivity (Wildman–Crippen MR) is 77.8 cm³/mol. The monoisotopic (exact) mass is 310 g/mol. The minimum atomic E-state index is -0.926. The largest absolute Gasteiger partial charge is 0.480 e. The van der Waals surface area contributed by atoms with Crippen LogP contribution < -0.4 is 0 Å². The van der Waals surface area contributed by atoms with Crippen molar-refractivity contribution < 1.29 is 14.7 Å². The van der Waals surface area contributed by atoms with Crippen molar-refractivity contribution in [2.24, 2.45) is 0 Å². The lowest BCUT2D eigenvalue weighted by atomic mass is 10.2. The highest BCUT2D eigenvalue weighted by Gasteiger charge is 2.43. The molecule has 1 aromatic rings. The fraction of sp³-hybridized carbons (Fsp3) is 0.615. The molecule has 0 bridgehead atoms. The molecule has 8 heteroatoms. The fourth-order valence-electron chi connectivity index (χ4n) is 2.82. The number of carboxylic acids is 1. The summed E-state index contributed by atoms with van der Waals surface area (Å²) >= 11 is 1.54. The van der Waals surface area contributed by atoms with Gasteiger partial charge in [0.05, 0.1) is 11.9 Å². The summed E-state index contributed by atoms with van der Waals surface area (Å²) < 4.78 is 2.02. The summed E-state index contributed by atoms with van der Waals surface area (Å²) in [7, 11) is 0. The molecule has 114 valence electrons. The zero-order valence-electron chi connectivity index (χ0n) is 11.8. The third-order valence-electron chi connectivity index (χ3n) is 3.96. The highest BCUT2D eigenvalue weighted by Crippen LogP contribution is 2.32. The second-order valence-corrected chi connectivity index (χ2v) is 6.41. The molecule has 3 rings (SSSR count). The van der Waals surface area contributed by atoms with Crippen LogP contribution in [0.15, 0.2) is 12.4 Å². The van der Waals surface area contributed by atoms with E-state index in [2.05, 4.69) is 4.98 Å². The van der Waals surface area contributed by atoms with E-state index in [1.54, 1.807) is 22.9 Å². The molecule has 0 saturated carbocycles. The molecule has 0 spiro atoms. The molecule has 0 radical (unpaired) electrons. The minimum Gasteiger partial charge on any atom is -0.480 e. The van der Waals surface area contributed by atoms with Gasteiger partial charge in [-0.2, -0.15) is 0 Å². The molecular formula is C13H18N4O3S. The van der Waals surface area contributed by atoms with E-state index in [1.807, 2.05) is 17.7 Å². The summed E-state index contributed by atoms with van der Waals surface area (Å²) in [6.07, 6.45) is 4.38. The number of nitrogens with zero attached hydrogens (tertiary/aromatic N) is 4. The molecule has 2 aliphatic rings. The quantitative estimate of drug-likeness (QED) is 0.883. The predicted octanol–water partition coefficient (Wildman–Crippen LogP) is 1.06. The van der Waals surface area contributed by atoms with E-state index in [-0.39, 0.29) is 11.4 Å². The Kier molecular flexibility index (Phi) is 3.79. The van der Waals surface area contributed by atoms with Gasteiger partial charge in [-0.1, -0.05) is 6.92 Å². The molecule has 0 aromatic carbocycles. The van der Waals surface area contributed by atoms with Crippen molar-refractivity contribution in [2.75, 3.05) is 12.3 Å². The summed E-state index contributed by atoms with van der Waals surface area (Å²) in [6, 6.07) is -0.914. The molecule has 2 unspecified atom stereocenters. The number of amides is 2. The third-order valence-corrected chi connectivity index (χ3v) is 5.42. The van der Waals surface area contributed by atoms with Gasteiger partial charge in [-0.25, -0.2) is 14.6 Å². The van der Waals surface area contributed by atoms with Crippen LogP contribution in [0.25, 0.3) is 0 Å². The van der Waals surface area contributed by atoms with E-state index >= 15 is 0 Å². The maximum Gasteiger partial charge on any atom is 0.327 e. The van der Waals surface area contributed by atoms with Gasteiger partial charge in [-0.3, -0.25) is 4.90 Å². The van der Waals surface area contributed by atoms with Gasteiger partial charge in [0.15, 0.2) is 0 Å². The first-order chi connectivity index (χ1) is 10.1. The maximum absolute atomic E-state index is 12.8. The van der Waals surface area contributed by atoms with Crippen molar-refractivity contribution in [3.05, 3.63) is 18.2 Å². The lowest BCUT2D eigenvalue weighted by molar-refractivity contribution is -0.141. The number of aliphatic carboxylic acids is 1. The summed E-state index contributed by atoms with van der Waals surface area (Å²) in [5, 5.41) is 9.27. The smallest absolute Gasteiger partial charge is 0.327 e. The number of carboxylic acid groups (broad SMARTS) is 1. The van der Waals surface area contributed by atoms with Crippen LogP contribution in [0.5, 0.6) is 0 Å². The van der Waals surface area contributed by atoms with E-state index < -0.39 is 12.0 Å². The Hall–Kier alpha value is -1.70. The van der Waals surface area contributed by atoms with E-state index in [4.69, 9.17) is 0 Å². The second-order valence-electron chi connectivity index (χ2n) is 5.20. The first-order valence-corrected chi connectivity index (χ1v) is 8.08. The van der Waals surface area contributed by atoms with E-state index in [9.17, 15) is 14.7 Å². The Morgan fingerprint density at radius 1 is 1.48 bits per heavy atom. The van der Waals surface area contributed by atoms with Crippen molar-refractivity contribution in [3.63, 3.8) is 0 Å². The van der Waals surface area contributed by atoms with Crippen molar-refractivity contribution in [1.29, 1.82) is 0 Å². The fourth-order valence-corrected chi connectivity index (χ4v) is 4.17. The Morgan fingerprint density at radius 3 is 3.00 bits per heavy atom. The van der Waals surface area contributed by atoms with Crippen LogP contribution in [0.3, 0.4) is 0 Å². The van der Waals surface area contributed by atoms with Crippen LogP contribution in [0.4, 0.5) is 4.79 Å². The van der Waals surface area contributed by atoms with Gasteiger partial charge in [-0.05, 0) is 6.42 Å². The van der Waals surface area contributed by atoms with Gasteiger partial charge in [0, 0.05) is 31.2 Å². The van der Waals surface area contributed by atoms with Crippen LogP contribution in [-0.2, 0) is 17.9 Å². The van der Waals surface area contributed by atoms with Crippen molar-refractivity contribution in [3.8, 4) is 0 Å². The Bertz CT molecular complexity index is 561. The molecule has 2 atom stereocenters. The number of thioether (sulfide) groups is 1. The summed E-state index contributed by atoms with van der Waals surface area (Å²) in [6.45, 7) is 3.71. The molecular weight excluding hydrogens is 292 g/mol. The molecule has 1 fully saturated rings. The highest BCUT2D eigenvalue weighted by molar-refractivity contribution is 8.00. The van der Waals surface area contributed by atoms with Crippen LogP contribution in [0, 0.1) is 0 Å². The molecule has 1 aromatic heterocycles. The van der Waals surface area contributed by atoms with Crippen molar-refractivity contribution in [2.45, 2.75) is 37.8 Å². The molecule has 1 N–H and O–H groups in total. The minimum absolute atomic E-state index is 0.0553. The zero-order chi connectivity index (χ0) is 15.0. The molecule has 0 aliphatic carbocycles. The standard InChI is InChI=1S/C13H18N4O3S/c1-2-11-17(9(8-21-11)12(18)19)13(20)16-6-5-15-4-3-14-10(15)7-16/h3-4,9,11H,2,5-8H2,1H3,(H,18,19). The van der Waals surface area contributed by atoms with Gasteiger partial charge < -0.3 is 14.6 Å². The number of hydrogen-bond donors (Lipinski definition) is 1. The normalized spacial score (nSPS) is 25.0. The third kappa shape index (κ3) is 2.48. The number of urea groups is 1. The lowest BCUT2D eigenvalue weighted by Gasteiger charge is -2.35. The van der Waals surface area contributed by atoms with E-state index in [0.29, 0.717) is 25.4 Å². The SMILES string of the molecule is CCC1SCC(C(=O)O)N1C(=O)N1CCn2ccnc2C1. The molecule has 3 heterocycles. The summed E-state index contributed by atoms with van der Waals surface area (Å²) in [5.41, 5.74) is 0. The number of hydrogen-bond acceptors (Lipinski definition) is 4. The number of carbonyl (C=O) groups excluding carboxylic acids is 1. The van der Waals surface area contributed by atoms with Gasteiger partial charge in [0.2, 0.25) is 0 Å². The van der Waals surface area contributed by atoms with Crippen molar-refractivity contribution in [1.82, 2.24) is 19.4 Å². The first kappa shape index (κ1) is 14.2. The molecule has 1 saturated heterocycles. The molecule has 2 aliphatic heterocycles. The topological polar surface area (TPSA) is 78.7 Å². The Balaban J connectivity index is 1.78. The summed E-state index contributed by atoms with van der Waals surface area (Å²) in [5.74, 6) is 0.383. The molecule has 21 heavy (non-hydrogen) atoms. The molecule has 2 amide bonds. The Labute approximate surface area is 126 Å². The van der Waals surface area contributed by atoms with Gasteiger partial charge in [0.1, 0.15) is 11.9 Å². The number of imidazole rings is 1. The number of rotatable bonds is 2. The van der Waals surface area contributed by atoms with Gasteiger partial charge >= 0.3 is 12.0 Å². The summed E-state index contributed by atoms with van der Waals surface area (Å²) in [4.78, 5) is 31.6. The average Bonchev–Trinajstić information content (AvgIpc) is 3.11. The Morgan fingerprint density at radius 2 is 2.29 bits per heavy atom. The van der Waals surface area contributed by atoms with Crippen molar-refractivity contribution >= 4 is 23.8 Å². The van der Waals surface area contributed by atoms with Gasteiger partial charge in [-0.15, -0.1) is 11.8 Å². The van der Waals surface area contributed by atoms with Crippen LogP contribution in [0.1, 0.15) is 19.2 Å². The maximum atomic E-state index is 12.8. The number of carbonyl (C=O) groups is 2. The number of fused-ring (bicyclic) bond motifs is 1. The molecule has 7 nitrogen and oxygen atoms in total. The lowest BCUT2D eigenvalue weighted by Crippen LogP contribution is -2.53. The average molecular weight is 310 g/mol. The number of aromatic nitrogens is 2.